The fourth-order valence-corrected chi connectivity index (χ4v) is 2.55. The minimum absolute atomic E-state index is 0.0161. The van der Waals surface area contributed by atoms with Crippen LogP contribution in [0.2, 0.25) is 0 Å². The molecule has 1 amide bonds. The van der Waals surface area contributed by atoms with Gasteiger partial charge in [-0.15, -0.1) is 5.10 Å². The van der Waals surface area contributed by atoms with Gasteiger partial charge >= 0.3 is 6.01 Å². The van der Waals surface area contributed by atoms with Crippen LogP contribution in [0.1, 0.15) is 10.4 Å². The van der Waals surface area contributed by atoms with E-state index in [0.717, 1.165) is 23.6 Å². The number of nitrogens with one attached hydrogen (secondary N) is 1. The molecule has 9 heteroatoms. The van der Waals surface area contributed by atoms with E-state index >= 15 is 0 Å². The van der Waals surface area contributed by atoms with Crippen molar-refractivity contribution in [3.05, 3.63) is 59.7 Å². The van der Waals surface area contributed by atoms with Gasteiger partial charge in [0.25, 0.3) is 11.8 Å². The van der Waals surface area contributed by atoms with Gasteiger partial charge in [0.15, 0.2) is 17.1 Å². The van der Waals surface area contributed by atoms with E-state index in [1.807, 2.05) is 6.07 Å². The number of nitrogens with zero attached hydrogens (tertiary/aromatic N) is 2. The molecule has 0 unspecified atom stereocenters. The number of fused-ring (bicyclic) bond motifs is 1. The zero-order valence-electron chi connectivity index (χ0n) is 13.8. The number of halogens is 2. The van der Waals surface area contributed by atoms with Crippen molar-refractivity contribution in [3.63, 3.8) is 0 Å². The SMILES string of the molecule is COc1cccc2cc(-c3nnc(NC(=O)c4c(F)cccc4F)o3)oc12. The van der Waals surface area contributed by atoms with Crippen LogP contribution < -0.4 is 10.1 Å². The van der Waals surface area contributed by atoms with Gasteiger partial charge in [0.05, 0.1) is 7.11 Å². The lowest BCUT2D eigenvalue weighted by Crippen LogP contribution is -2.16. The maximum atomic E-state index is 13.7. The minimum atomic E-state index is -1.05. The maximum Gasteiger partial charge on any atom is 0.322 e. The van der Waals surface area contributed by atoms with E-state index in [0.29, 0.717) is 11.3 Å². The van der Waals surface area contributed by atoms with Gasteiger partial charge in [-0.3, -0.25) is 10.1 Å². The molecule has 0 saturated carbocycles. The molecule has 0 radical (unpaired) electrons. The summed E-state index contributed by atoms with van der Waals surface area (Å²) >= 11 is 0. The van der Waals surface area contributed by atoms with E-state index in [-0.39, 0.29) is 17.7 Å². The lowest BCUT2D eigenvalue weighted by atomic mass is 10.2. The molecule has 1 N–H and O–H groups in total. The van der Waals surface area contributed by atoms with Gasteiger partial charge in [-0.2, -0.15) is 0 Å². The Balaban J connectivity index is 1.61. The zero-order chi connectivity index (χ0) is 19.0. The standard InChI is InChI=1S/C18H11F2N3O4/c1-25-12-7-2-4-9-8-13(26-15(9)12)17-22-23-18(27-17)21-16(24)14-10(19)5-3-6-11(14)20/h2-8H,1H3,(H,21,23,24). The van der Waals surface area contributed by atoms with Crippen LogP contribution in [0.5, 0.6) is 5.75 Å². The summed E-state index contributed by atoms with van der Waals surface area (Å²) in [6, 6.07) is 9.77. The fourth-order valence-electron chi connectivity index (χ4n) is 2.55. The average Bonchev–Trinajstić information content (AvgIpc) is 3.27. The Bertz CT molecular complexity index is 1130. The molecule has 0 atom stereocenters. The van der Waals surface area contributed by atoms with Gasteiger partial charge in [0.2, 0.25) is 0 Å². The molecule has 27 heavy (non-hydrogen) atoms. The molecule has 136 valence electrons. The topological polar surface area (TPSA) is 90.4 Å². The van der Waals surface area contributed by atoms with E-state index in [9.17, 15) is 13.6 Å². The van der Waals surface area contributed by atoms with Crippen molar-refractivity contribution in [1.82, 2.24) is 10.2 Å². The van der Waals surface area contributed by atoms with Crippen LogP contribution >= 0.6 is 0 Å². The van der Waals surface area contributed by atoms with Crippen LogP contribution in [-0.2, 0) is 0 Å². The molecule has 0 saturated heterocycles. The highest BCUT2D eigenvalue weighted by molar-refractivity contribution is 6.03. The maximum absolute atomic E-state index is 13.7. The predicted octanol–water partition coefficient (Wildman–Crippen LogP) is 4.02. The van der Waals surface area contributed by atoms with Crippen molar-refractivity contribution in [3.8, 4) is 17.4 Å². The van der Waals surface area contributed by atoms with Gasteiger partial charge in [0.1, 0.15) is 17.2 Å². The van der Waals surface area contributed by atoms with E-state index in [1.54, 1.807) is 18.2 Å². The summed E-state index contributed by atoms with van der Waals surface area (Å²) in [4.78, 5) is 12.1. The summed E-state index contributed by atoms with van der Waals surface area (Å²) in [5, 5.41) is 10.3. The van der Waals surface area contributed by atoms with E-state index in [4.69, 9.17) is 13.6 Å². The highest BCUT2D eigenvalue weighted by atomic mass is 19.1. The highest BCUT2D eigenvalue weighted by Crippen LogP contribution is 2.33. The number of amides is 1. The molecule has 2 aromatic heterocycles. The van der Waals surface area contributed by atoms with E-state index < -0.39 is 23.1 Å². The number of para-hydroxylation sites is 1. The zero-order valence-corrected chi connectivity index (χ0v) is 13.8. The molecular formula is C18H11F2N3O4. The number of ether oxygens (including phenoxy) is 1. The van der Waals surface area contributed by atoms with Crippen LogP contribution in [0, 0.1) is 11.6 Å². The van der Waals surface area contributed by atoms with Gasteiger partial charge in [-0.05, 0) is 24.3 Å². The summed E-state index contributed by atoms with van der Waals surface area (Å²) in [6.07, 6.45) is 0. The Labute approximate surface area is 150 Å². The summed E-state index contributed by atoms with van der Waals surface area (Å²) < 4.78 is 43.5. The van der Waals surface area contributed by atoms with E-state index in [2.05, 4.69) is 15.5 Å². The number of carbonyl (C=O) groups is 1. The molecule has 0 aliphatic carbocycles. The number of carbonyl (C=O) groups excluding carboxylic acids is 1. The second-order valence-electron chi connectivity index (χ2n) is 5.45. The third kappa shape index (κ3) is 2.99. The van der Waals surface area contributed by atoms with Gasteiger partial charge in [0, 0.05) is 5.39 Å². The number of hydrogen-bond acceptors (Lipinski definition) is 6. The first kappa shape index (κ1) is 16.7. The Morgan fingerprint density at radius 1 is 1.07 bits per heavy atom. The number of aromatic nitrogens is 2. The molecule has 0 aliphatic rings. The second-order valence-corrected chi connectivity index (χ2v) is 5.45. The average molecular weight is 371 g/mol. The molecule has 0 fully saturated rings. The highest BCUT2D eigenvalue weighted by Gasteiger charge is 2.21. The molecule has 2 aromatic carbocycles. The van der Waals surface area contributed by atoms with Crippen molar-refractivity contribution < 1.29 is 27.1 Å². The molecule has 0 aliphatic heterocycles. The van der Waals surface area contributed by atoms with Crippen molar-refractivity contribution in [2.75, 3.05) is 12.4 Å². The number of furan rings is 1. The lowest BCUT2D eigenvalue weighted by Gasteiger charge is -2.03. The Kier molecular flexibility index (Phi) is 4.03. The third-order valence-corrected chi connectivity index (χ3v) is 3.77. The smallest absolute Gasteiger partial charge is 0.322 e. The van der Waals surface area contributed by atoms with Crippen LogP contribution in [0.4, 0.5) is 14.8 Å². The van der Waals surface area contributed by atoms with Crippen molar-refractivity contribution >= 4 is 22.9 Å². The van der Waals surface area contributed by atoms with E-state index in [1.165, 1.54) is 7.11 Å². The molecule has 4 rings (SSSR count). The quantitative estimate of drug-likeness (QED) is 0.583. The van der Waals surface area contributed by atoms with Gasteiger partial charge in [-0.25, -0.2) is 8.78 Å². The fraction of sp³-hybridized carbons (Fsp3) is 0.0556. The number of benzene rings is 2. The summed E-state index contributed by atoms with van der Waals surface area (Å²) in [7, 11) is 1.51. The number of anilines is 1. The van der Waals surface area contributed by atoms with Gasteiger partial charge < -0.3 is 13.6 Å². The van der Waals surface area contributed by atoms with Crippen molar-refractivity contribution in [2.45, 2.75) is 0 Å². The van der Waals surface area contributed by atoms with Crippen molar-refractivity contribution in [2.24, 2.45) is 0 Å². The third-order valence-electron chi connectivity index (χ3n) is 3.77. The molecule has 4 aromatic rings. The first-order chi connectivity index (χ1) is 13.1. The number of methoxy groups -OCH3 is 1. The van der Waals surface area contributed by atoms with Crippen molar-refractivity contribution in [1.29, 1.82) is 0 Å². The normalized spacial score (nSPS) is 10.9. The van der Waals surface area contributed by atoms with Crippen LogP contribution in [0.3, 0.4) is 0 Å². The molecular weight excluding hydrogens is 360 g/mol. The largest absolute Gasteiger partial charge is 0.493 e. The second kappa shape index (κ2) is 6.52. The first-order valence-electron chi connectivity index (χ1n) is 7.72. The van der Waals surface area contributed by atoms with Crippen LogP contribution in [0.25, 0.3) is 22.6 Å². The summed E-state index contributed by atoms with van der Waals surface area (Å²) in [5.41, 5.74) is -0.252. The predicted molar refractivity (Wildman–Crippen MR) is 90.4 cm³/mol. The van der Waals surface area contributed by atoms with Gasteiger partial charge in [-0.1, -0.05) is 23.3 Å². The number of rotatable bonds is 4. The minimum Gasteiger partial charge on any atom is -0.493 e. The molecule has 7 nitrogen and oxygen atoms in total. The van der Waals surface area contributed by atoms with Crippen LogP contribution in [-0.4, -0.2) is 23.2 Å². The molecule has 2 heterocycles. The van der Waals surface area contributed by atoms with Crippen LogP contribution in [0.15, 0.2) is 51.3 Å². The first-order valence-corrected chi connectivity index (χ1v) is 7.72. The number of hydrogen-bond donors (Lipinski definition) is 1. The summed E-state index contributed by atoms with van der Waals surface area (Å²) in [5.74, 6) is -2.29. The monoisotopic (exact) mass is 371 g/mol. The summed E-state index contributed by atoms with van der Waals surface area (Å²) in [6.45, 7) is 0. The lowest BCUT2D eigenvalue weighted by molar-refractivity contribution is 0.101. The molecule has 0 bridgehead atoms. The molecule has 0 spiro atoms. The Hall–Kier alpha value is -3.75. The Morgan fingerprint density at radius 3 is 2.56 bits per heavy atom. The Morgan fingerprint density at radius 2 is 1.81 bits per heavy atom.